The molecule has 0 bridgehead atoms. The van der Waals surface area contributed by atoms with Crippen molar-refractivity contribution < 1.29 is 28.2 Å². The van der Waals surface area contributed by atoms with E-state index < -0.39 is 22.9 Å². The fourth-order valence-corrected chi connectivity index (χ4v) is 4.97. The lowest BCUT2D eigenvalue weighted by Gasteiger charge is -2.19. The smallest absolute Gasteiger partial charge is 0.272 e. The van der Waals surface area contributed by atoms with Crippen molar-refractivity contribution in [1.29, 1.82) is 0 Å². The second-order valence-corrected chi connectivity index (χ2v) is 10.9. The number of rotatable bonds is 9. The minimum atomic E-state index is -0.554. The maximum absolute atomic E-state index is 13.4. The third kappa shape index (κ3) is 8.02. The number of carbonyl (C=O) groups is 3. The quantitative estimate of drug-likeness (QED) is 0.159. The molecule has 0 aromatic heterocycles. The number of hydrogen-bond acceptors (Lipinski definition) is 6. The van der Waals surface area contributed by atoms with Crippen LogP contribution < -0.4 is 25.4 Å². The van der Waals surface area contributed by atoms with Gasteiger partial charge in [0.1, 0.15) is 24.7 Å². The Morgan fingerprint density at radius 1 is 0.814 bits per heavy atom. The Morgan fingerprint density at radius 3 is 2.21 bits per heavy atom. The summed E-state index contributed by atoms with van der Waals surface area (Å²) in [6.45, 7) is 2.75. The van der Waals surface area contributed by atoms with Gasteiger partial charge in [-0.15, -0.1) is 11.8 Å². The highest BCUT2D eigenvalue weighted by Crippen LogP contribution is 2.33. The van der Waals surface area contributed by atoms with Crippen molar-refractivity contribution >= 4 is 46.9 Å². The van der Waals surface area contributed by atoms with Gasteiger partial charge in [-0.25, -0.2) is 4.39 Å². The summed E-state index contributed by atoms with van der Waals surface area (Å²) in [6.07, 6.45) is 1.47. The SMILES string of the molecule is CC(Sc1ccc(NC(=O)/C(=C/c2ccc(F)cc2)NC(=O)c2ccccc2)cc1)C(=O)Nc1ccc2c(c1)OCCO2. The van der Waals surface area contributed by atoms with E-state index in [2.05, 4.69) is 16.0 Å². The molecule has 0 fully saturated rings. The molecule has 3 N–H and O–H groups in total. The van der Waals surface area contributed by atoms with E-state index >= 15 is 0 Å². The molecule has 1 heterocycles. The number of thioether (sulfide) groups is 1. The third-order valence-corrected chi connectivity index (χ3v) is 7.43. The van der Waals surface area contributed by atoms with Gasteiger partial charge in [-0.3, -0.25) is 14.4 Å². The van der Waals surface area contributed by atoms with Crippen molar-refractivity contribution in [2.75, 3.05) is 23.8 Å². The first-order chi connectivity index (χ1) is 20.8. The van der Waals surface area contributed by atoms with Crippen LogP contribution in [0.1, 0.15) is 22.8 Å². The van der Waals surface area contributed by atoms with Crippen molar-refractivity contribution in [1.82, 2.24) is 5.32 Å². The zero-order chi connectivity index (χ0) is 30.2. The van der Waals surface area contributed by atoms with Gasteiger partial charge in [0.05, 0.1) is 5.25 Å². The normalized spacial score (nSPS) is 13.0. The van der Waals surface area contributed by atoms with Gasteiger partial charge in [-0.05, 0) is 79.2 Å². The molecule has 3 amide bonds. The lowest BCUT2D eigenvalue weighted by Crippen LogP contribution is -2.30. The fourth-order valence-electron chi connectivity index (χ4n) is 4.11. The predicted molar refractivity (Wildman–Crippen MR) is 165 cm³/mol. The number of ether oxygens (including phenoxy) is 2. The van der Waals surface area contributed by atoms with Crippen LogP contribution in [0.5, 0.6) is 11.5 Å². The molecule has 8 nitrogen and oxygen atoms in total. The van der Waals surface area contributed by atoms with Crippen LogP contribution in [-0.4, -0.2) is 36.2 Å². The summed E-state index contributed by atoms with van der Waals surface area (Å²) >= 11 is 1.36. The Hall–Kier alpha value is -5.09. The summed E-state index contributed by atoms with van der Waals surface area (Å²) in [4.78, 5) is 39.7. The molecule has 43 heavy (non-hydrogen) atoms. The van der Waals surface area contributed by atoms with Crippen molar-refractivity contribution in [3.8, 4) is 11.5 Å². The van der Waals surface area contributed by atoms with Crippen LogP contribution in [0.3, 0.4) is 0 Å². The minimum absolute atomic E-state index is 0.0108. The molecule has 4 aromatic carbocycles. The molecule has 5 rings (SSSR count). The average Bonchev–Trinajstić information content (AvgIpc) is 3.03. The lowest BCUT2D eigenvalue weighted by molar-refractivity contribution is -0.115. The third-order valence-electron chi connectivity index (χ3n) is 6.31. The first-order valence-corrected chi connectivity index (χ1v) is 14.3. The van der Waals surface area contributed by atoms with Crippen LogP contribution in [0, 0.1) is 5.82 Å². The molecular formula is C33H28FN3O5S. The largest absolute Gasteiger partial charge is 0.486 e. The molecule has 1 unspecified atom stereocenters. The molecule has 218 valence electrons. The van der Waals surface area contributed by atoms with Gasteiger partial charge in [0.25, 0.3) is 11.8 Å². The van der Waals surface area contributed by atoms with E-state index in [-0.39, 0.29) is 11.6 Å². The van der Waals surface area contributed by atoms with E-state index in [4.69, 9.17) is 9.47 Å². The topological polar surface area (TPSA) is 106 Å². The minimum Gasteiger partial charge on any atom is -0.486 e. The molecule has 1 atom stereocenters. The molecule has 4 aromatic rings. The van der Waals surface area contributed by atoms with Gasteiger partial charge in [0.2, 0.25) is 5.91 Å². The molecule has 0 radical (unpaired) electrons. The highest BCUT2D eigenvalue weighted by atomic mass is 32.2. The average molecular weight is 598 g/mol. The van der Waals surface area contributed by atoms with Crippen LogP contribution in [0.25, 0.3) is 6.08 Å². The fraction of sp³-hybridized carbons (Fsp3) is 0.121. The lowest BCUT2D eigenvalue weighted by atomic mass is 10.1. The number of hydrogen-bond donors (Lipinski definition) is 3. The van der Waals surface area contributed by atoms with E-state index in [1.165, 1.54) is 42.1 Å². The second kappa shape index (κ2) is 13.7. The van der Waals surface area contributed by atoms with Crippen LogP contribution >= 0.6 is 11.8 Å². The Kier molecular flexibility index (Phi) is 9.38. The highest BCUT2D eigenvalue weighted by molar-refractivity contribution is 8.00. The van der Waals surface area contributed by atoms with Crippen molar-refractivity contribution in [2.45, 2.75) is 17.1 Å². The van der Waals surface area contributed by atoms with Gasteiger partial charge in [0, 0.05) is 27.9 Å². The van der Waals surface area contributed by atoms with Crippen LogP contribution in [0.4, 0.5) is 15.8 Å². The number of anilines is 2. The molecule has 10 heteroatoms. The van der Waals surface area contributed by atoms with Gasteiger partial charge < -0.3 is 25.4 Å². The summed E-state index contributed by atoms with van der Waals surface area (Å²) in [7, 11) is 0. The maximum Gasteiger partial charge on any atom is 0.272 e. The van der Waals surface area contributed by atoms with Crippen molar-refractivity contribution in [2.24, 2.45) is 0 Å². The number of benzene rings is 4. The van der Waals surface area contributed by atoms with Gasteiger partial charge in [0.15, 0.2) is 11.5 Å². The maximum atomic E-state index is 13.4. The monoisotopic (exact) mass is 597 g/mol. The first kappa shape index (κ1) is 29.4. The van der Waals surface area contributed by atoms with Crippen molar-refractivity contribution in [3.05, 3.63) is 120 Å². The van der Waals surface area contributed by atoms with Crippen LogP contribution in [-0.2, 0) is 9.59 Å². The molecule has 1 aliphatic heterocycles. The zero-order valence-electron chi connectivity index (χ0n) is 23.1. The predicted octanol–water partition coefficient (Wildman–Crippen LogP) is 6.13. The van der Waals surface area contributed by atoms with E-state index in [1.807, 2.05) is 0 Å². The molecule has 0 saturated heterocycles. The van der Waals surface area contributed by atoms with Gasteiger partial charge in [-0.1, -0.05) is 30.3 Å². The molecule has 1 aliphatic rings. The Morgan fingerprint density at radius 2 is 1.49 bits per heavy atom. The van der Waals surface area contributed by atoms with E-state index in [1.54, 1.807) is 79.7 Å². The molecule has 0 aliphatic carbocycles. The number of nitrogens with one attached hydrogen (secondary N) is 3. The number of carbonyl (C=O) groups excluding carboxylic acids is 3. The summed E-state index contributed by atoms with van der Waals surface area (Å²) in [6, 6.07) is 26.3. The highest BCUT2D eigenvalue weighted by Gasteiger charge is 2.18. The Bertz CT molecular complexity index is 1640. The van der Waals surface area contributed by atoms with E-state index in [9.17, 15) is 18.8 Å². The molecular weight excluding hydrogens is 569 g/mol. The Balaban J connectivity index is 1.22. The number of fused-ring (bicyclic) bond motifs is 1. The summed E-state index contributed by atoms with van der Waals surface area (Å²) < 4.78 is 24.5. The van der Waals surface area contributed by atoms with Crippen LogP contribution in [0.2, 0.25) is 0 Å². The molecule has 0 spiro atoms. The standard InChI is InChI=1S/C33H28FN3O5S/c1-21(31(38)36-26-13-16-29-30(20-26)42-18-17-41-29)43-27-14-11-25(12-15-27)35-33(40)28(19-22-7-9-24(34)10-8-22)37-32(39)23-5-3-2-4-6-23/h2-16,19-21H,17-18H2,1H3,(H,35,40)(H,36,38)(H,37,39)/b28-19-. The summed E-state index contributed by atoms with van der Waals surface area (Å²) in [5.41, 5.74) is 2.01. The second-order valence-electron chi connectivity index (χ2n) is 9.52. The van der Waals surface area contributed by atoms with E-state index in [0.717, 1.165) is 4.90 Å². The van der Waals surface area contributed by atoms with Crippen LogP contribution in [0.15, 0.2) is 108 Å². The van der Waals surface area contributed by atoms with E-state index in [0.29, 0.717) is 47.2 Å². The van der Waals surface area contributed by atoms with Crippen molar-refractivity contribution in [3.63, 3.8) is 0 Å². The summed E-state index contributed by atoms with van der Waals surface area (Å²) in [5, 5.41) is 7.93. The van der Waals surface area contributed by atoms with Gasteiger partial charge in [-0.2, -0.15) is 0 Å². The Labute approximate surface area is 252 Å². The summed E-state index contributed by atoms with van der Waals surface area (Å²) in [5.74, 6) is -0.360. The number of halogens is 1. The van der Waals surface area contributed by atoms with Gasteiger partial charge >= 0.3 is 0 Å². The number of amides is 3. The first-order valence-electron chi connectivity index (χ1n) is 13.5. The molecule has 0 saturated carbocycles. The zero-order valence-corrected chi connectivity index (χ0v) is 24.0.